The van der Waals surface area contributed by atoms with Crippen LogP contribution >= 0.6 is 15.9 Å². The zero-order valence-electron chi connectivity index (χ0n) is 18.4. The number of nitrogens with zero attached hydrogens (tertiary/aromatic N) is 3. The number of fused-ring (bicyclic) bond motifs is 2. The zero-order chi connectivity index (χ0) is 24.0. The van der Waals surface area contributed by atoms with Crippen LogP contribution in [-0.2, 0) is 16.1 Å². The van der Waals surface area contributed by atoms with Crippen LogP contribution in [0.5, 0.6) is 17.2 Å². The summed E-state index contributed by atoms with van der Waals surface area (Å²) in [7, 11) is 2.71. The molecule has 0 N–H and O–H groups in total. The molecule has 5 rings (SSSR count). The van der Waals surface area contributed by atoms with Crippen molar-refractivity contribution in [2.24, 2.45) is 0 Å². The number of likely N-dealkylation sites (N-methyl/N-ethyl adjacent to an activating group) is 2. The number of hydrogen-bond donors (Lipinski definition) is 0. The number of benzene rings is 2. The van der Waals surface area contributed by atoms with E-state index in [4.69, 9.17) is 14.2 Å². The van der Waals surface area contributed by atoms with Crippen molar-refractivity contribution in [2.75, 3.05) is 27.5 Å². The van der Waals surface area contributed by atoms with Crippen molar-refractivity contribution in [3.8, 4) is 17.2 Å². The van der Waals surface area contributed by atoms with E-state index >= 15 is 0 Å². The lowest BCUT2D eigenvalue weighted by Gasteiger charge is -2.28. The Morgan fingerprint density at radius 1 is 1.00 bits per heavy atom. The minimum absolute atomic E-state index is 0.0692. The molecule has 9 nitrogen and oxygen atoms in total. The first kappa shape index (κ1) is 22.0. The monoisotopic (exact) mass is 525 g/mol. The second-order valence-electron chi connectivity index (χ2n) is 7.87. The van der Waals surface area contributed by atoms with E-state index in [-0.39, 0.29) is 12.4 Å². The van der Waals surface area contributed by atoms with E-state index in [1.54, 1.807) is 6.07 Å². The first-order chi connectivity index (χ1) is 16.3. The van der Waals surface area contributed by atoms with Crippen LogP contribution in [0.1, 0.15) is 5.56 Å². The van der Waals surface area contributed by atoms with Crippen LogP contribution < -0.4 is 14.2 Å². The van der Waals surface area contributed by atoms with Crippen LogP contribution in [-0.4, -0.2) is 59.7 Å². The summed E-state index contributed by atoms with van der Waals surface area (Å²) in [5.41, 5.74) is 1.53. The third-order valence-electron chi connectivity index (χ3n) is 5.76. The smallest absolute Gasteiger partial charge is 0.333 e. The van der Waals surface area contributed by atoms with Gasteiger partial charge in [0.1, 0.15) is 17.9 Å². The van der Waals surface area contributed by atoms with Crippen molar-refractivity contribution in [1.29, 1.82) is 0 Å². The van der Waals surface area contributed by atoms with Gasteiger partial charge in [-0.2, -0.15) is 0 Å². The molecule has 2 aliphatic heterocycles. The van der Waals surface area contributed by atoms with Gasteiger partial charge in [0.15, 0.2) is 11.5 Å². The molecule has 0 unspecified atom stereocenters. The van der Waals surface area contributed by atoms with Crippen molar-refractivity contribution in [3.63, 3.8) is 0 Å². The molecule has 0 aliphatic carbocycles. The van der Waals surface area contributed by atoms with Gasteiger partial charge < -0.3 is 18.8 Å². The van der Waals surface area contributed by atoms with Crippen molar-refractivity contribution >= 4 is 50.8 Å². The molecule has 4 amide bonds. The van der Waals surface area contributed by atoms with E-state index in [1.165, 1.54) is 20.2 Å². The minimum atomic E-state index is -0.655. The molecule has 34 heavy (non-hydrogen) atoms. The van der Waals surface area contributed by atoms with Gasteiger partial charge in [0.25, 0.3) is 11.8 Å². The molecule has 0 radical (unpaired) electrons. The lowest BCUT2D eigenvalue weighted by molar-refractivity contribution is -0.134. The lowest BCUT2D eigenvalue weighted by Crippen LogP contribution is -2.52. The predicted molar refractivity (Wildman–Crippen MR) is 127 cm³/mol. The number of halogens is 1. The molecule has 1 aromatic heterocycles. The van der Waals surface area contributed by atoms with Crippen LogP contribution in [0.2, 0.25) is 0 Å². The molecule has 2 aromatic carbocycles. The molecule has 0 atom stereocenters. The highest BCUT2D eigenvalue weighted by Gasteiger charge is 2.38. The third-order valence-corrected chi connectivity index (χ3v) is 6.26. The summed E-state index contributed by atoms with van der Waals surface area (Å²) in [5, 5.41) is 0.854. The van der Waals surface area contributed by atoms with Crippen molar-refractivity contribution in [1.82, 2.24) is 14.4 Å². The summed E-state index contributed by atoms with van der Waals surface area (Å²) < 4.78 is 19.5. The van der Waals surface area contributed by atoms with E-state index in [1.807, 2.05) is 41.1 Å². The van der Waals surface area contributed by atoms with E-state index < -0.39 is 17.8 Å². The Kier molecular flexibility index (Phi) is 5.52. The number of rotatable bonds is 5. The number of amides is 4. The Balaban J connectivity index is 1.43. The first-order valence-electron chi connectivity index (χ1n) is 10.5. The Bertz CT molecular complexity index is 1350. The number of carbonyl (C=O) groups excluding carboxylic acids is 3. The molecule has 1 saturated heterocycles. The topological polar surface area (TPSA) is 90.3 Å². The van der Waals surface area contributed by atoms with Gasteiger partial charge in [0, 0.05) is 47.3 Å². The van der Waals surface area contributed by atoms with E-state index in [2.05, 4.69) is 15.9 Å². The van der Waals surface area contributed by atoms with Crippen molar-refractivity contribution in [2.45, 2.75) is 6.54 Å². The lowest BCUT2D eigenvalue weighted by atomic mass is 10.1. The first-order valence-corrected chi connectivity index (χ1v) is 11.3. The van der Waals surface area contributed by atoms with Crippen molar-refractivity contribution < 1.29 is 28.6 Å². The van der Waals surface area contributed by atoms with Gasteiger partial charge in [-0.3, -0.25) is 19.4 Å². The quantitative estimate of drug-likeness (QED) is 0.373. The van der Waals surface area contributed by atoms with Crippen LogP contribution in [0, 0.1) is 0 Å². The number of imide groups is 2. The standard InChI is InChI=1S/C24H20BrN3O6/c1-26-22(29)18(23(30)27(2)24(26)31)9-14-12-28(19-5-3-15(25)10-17(14)19)7-8-32-16-4-6-20-21(11-16)34-13-33-20/h3-6,9-12H,7-8,13H2,1-2H3. The van der Waals surface area contributed by atoms with Gasteiger partial charge in [0.05, 0.1) is 6.54 Å². The summed E-state index contributed by atoms with van der Waals surface area (Å²) in [4.78, 5) is 39.2. The number of urea groups is 1. The normalized spacial score (nSPS) is 15.5. The SMILES string of the molecule is CN1C(=O)C(=Cc2cn(CCOc3ccc4c(c3)OCO4)c3ccc(Br)cc23)C(=O)N(C)C1=O. The molecule has 0 saturated carbocycles. The summed E-state index contributed by atoms with van der Waals surface area (Å²) >= 11 is 3.49. The summed E-state index contributed by atoms with van der Waals surface area (Å²) in [6.45, 7) is 1.11. The molecule has 174 valence electrons. The Labute approximate surface area is 203 Å². The van der Waals surface area contributed by atoms with E-state index in [0.717, 1.165) is 25.2 Å². The average molecular weight is 526 g/mol. The van der Waals surface area contributed by atoms with E-state index in [9.17, 15) is 14.4 Å². The summed E-state index contributed by atoms with van der Waals surface area (Å²) in [5.74, 6) is 0.750. The van der Waals surface area contributed by atoms with Crippen LogP contribution in [0.15, 0.2) is 52.6 Å². The maximum atomic E-state index is 12.6. The molecule has 3 aromatic rings. The molecule has 3 heterocycles. The van der Waals surface area contributed by atoms with Crippen LogP contribution in [0.3, 0.4) is 0 Å². The van der Waals surface area contributed by atoms with Gasteiger partial charge in [-0.15, -0.1) is 0 Å². The average Bonchev–Trinajstić information content (AvgIpc) is 3.43. The number of barbiturate groups is 1. The van der Waals surface area contributed by atoms with Gasteiger partial charge in [-0.1, -0.05) is 15.9 Å². The molecule has 0 bridgehead atoms. The fourth-order valence-electron chi connectivity index (χ4n) is 3.96. The highest BCUT2D eigenvalue weighted by atomic mass is 79.9. The number of ether oxygens (including phenoxy) is 3. The van der Waals surface area contributed by atoms with Gasteiger partial charge in [-0.25, -0.2) is 4.79 Å². The Morgan fingerprint density at radius 3 is 2.50 bits per heavy atom. The van der Waals surface area contributed by atoms with Gasteiger partial charge >= 0.3 is 6.03 Å². The third kappa shape index (κ3) is 3.79. The Hall–Kier alpha value is -3.79. The molecule has 2 aliphatic rings. The maximum Gasteiger partial charge on any atom is 0.333 e. The second kappa shape index (κ2) is 8.53. The largest absolute Gasteiger partial charge is 0.492 e. The van der Waals surface area contributed by atoms with Crippen LogP contribution in [0.4, 0.5) is 4.79 Å². The van der Waals surface area contributed by atoms with Gasteiger partial charge in [0.2, 0.25) is 6.79 Å². The fourth-order valence-corrected chi connectivity index (χ4v) is 4.32. The predicted octanol–water partition coefficient (Wildman–Crippen LogP) is 3.65. The van der Waals surface area contributed by atoms with E-state index in [0.29, 0.717) is 36.0 Å². The molecule has 0 spiro atoms. The molecular weight excluding hydrogens is 506 g/mol. The fraction of sp³-hybridized carbons (Fsp3) is 0.208. The highest BCUT2D eigenvalue weighted by molar-refractivity contribution is 9.10. The zero-order valence-corrected chi connectivity index (χ0v) is 20.0. The Morgan fingerprint density at radius 2 is 1.74 bits per heavy atom. The molecule has 10 heteroatoms. The summed E-state index contributed by atoms with van der Waals surface area (Å²) in [6, 6.07) is 10.6. The van der Waals surface area contributed by atoms with Crippen molar-refractivity contribution in [3.05, 3.63) is 58.2 Å². The van der Waals surface area contributed by atoms with Gasteiger partial charge in [-0.05, 0) is 36.4 Å². The summed E-state index contributed by atoms with van der Waals surface area (Å²) in [6.07, 6.45) is 3.40. The van der Waals surface area contributed by atoms with Crippen LogP contribution in [0.25, 0.3) is 17.0 Å². The number of hydrogen-bond acceptors (Lipinski definition) is 6. The number of aromatic nitrogens is 1. The highest BCUT2D eigenvalue weighted by Crippen LogP contribution is 2.35. The molecular formula is C24H20BrN3O6. The minimum Gasteiger partial charge on any atom is -0.492 e. The molecule has 1 fully saturated rings. The maximum absolute atomic E-state index is 12.6. The second-order valence-corrected chi connectivity index (χ2v) is 8.79. The number of carbonyl (C=O) groups is 3.